The van der Waals surface area contributed by atoms with Crippen LogP contribution in [0.2, 0.25) is 0 Å². The molecule has 8 heteroatoms. The largest absolute Gasteiger partial charge is 0.481 e. The zero-order valence-corrected chi connectivity index (χ0v) is 12.8. The summed E-state index contributed by atoms with van der Waals surface area (Å²) in [7, 11) is -3.75. The summed E-state index contributed by atoms with van der Waals surface area (Å²) in [5.41, 5.74) is 0. The molecule has 3 N–H and O–H groups in total. The fourth-order valence-corrected chi connectivity index (χ4v) is 3.86. The number of hydrogen-bond acceptors (Lipinski definition) is 4. The van der Waals surface area contributed by atoms with Crippen molar-refractivity contribution in [2.45, 2.75) is 39.2 Å². The Balaban J connectivity index is 2.69. The number of carboxylic acid groups (broad SMARTS) is 1. The summed E-state index contributed by atoms with van der Waals surface area (Å²) in [5, 5.41) is 18.2. The van der Waals surface area contributed by atoms with Gasteiger partial charge in [-0.05, 0) is 25.2 Å². The molecule has 2 unspecified atom stereocenters. The Kier molecular flexibility index (Phi) is 6.38. The second-order valence-corrected chi connectivity index (χ2v) is 7.37. The Morgan fingerprint density at radius 1 is 1.45 bits per heavy atom. The van der Waals surface area contributed by atoms with E-state index >= 15 is 0 Å². The molecule has 1 aliphatic rings. The number of carboxylic acids is 1. The average molecular weight is 308 g/mol. The molecule has 0 aromatic carbocycles. The minimum atomic E-state index is -3.75. The first-order chi connectivity index (χ1) is 9.26. The maximum atomic E-state index is 12.2. The van der Waals surface area contributed by atoms with Gasteiger partial charge < -0.3 is 10.2 Å². The number of aliphatic hydroxyl groups excluding tert-OH is 1. The van der Waals surface area contributed by atoms with E-state index in [1.54, 1.807) is 0 Å². The highest BCUT2D eigenvalue weighted by molar-refractivity contribution is 7.87. The zero-order chi connectivity index (χ0) is 15.3. The summed E-state index contributed by atoms with van der Waals surface area (Å²) in [6.45, 7) is 3.92. The number of nitrogens with one attached hydrogen (secondary N) is 1. The first kappa shape index (κ1) is 17.4. The lowest BCUT2D eigenvalue weighted by molar-refractivity contribution is -0.142. The lowest BCUT2D eigenvalue weighted by Crippen LogP contribution is -2.51. The molecule has 7 nitrogen and oxygen atoms in total. The van der Waals surface area contributed by atoms with E-state index < -0.39 is 28.1 Å². The summed E-state index contributed by atoms with van der Waals surface area (Å²) >= 11 is 0. The van der Waals surface area contributed by atoms with Gasteiger partial charge in [0.15, 0.2) is 0 Å². The second-order valence-electron chi connectivity index (χ2n) is 5.67. The minimum Gasteiger partial charge on any atom is -0.481 e. The Morgan fingerprint density at radius 3 is 2.60 bits per heavy atom. The van der Waals surface area contributed by atoms with Gasteiger partial charge in [0.2, 0.25) is 0 Å². The monoisotopic (exact) mass is 308 g/mol. The number of hydrogen-bond donors (Lipinski definition) is 3. The highest BCUT2D eigenvalue weighted by Crippen LogP contribution is 2.19. The van der Waals surface area contributed by atoms with Crippen LogP contribution in [-0.4, -0.2) is 54.6 Å². The summed E-state index contributed by atoms with van der Waals surface area (Å²) in [6.07, 6.45) is 1.56. The van der Waals surface area contributed by atoms with Gasteiger partial charge in [-0.3, -0.25) is 4.79 Å². The van der Waals surface area contributed by atoms with E-state index in [0.717, 1.165) is 4.31 Å². The number of piperidine rings is 1. The topological polar surface area (TPSA) is 107 Å². The molecular formula is C12H24N2O5S. The van der Waals surface area contributed by atoms with Crippen molar-refractivity contribution in [3.63, 3.8) is 0 Å². The van der Waals surface area contributed by atoms with Gasteiger partial charge in [0.05, 0.1) is 12.5 Å². The molecule has 0 spiro atoms. The molecule has 1 saturated heterocycles. The molecule has 20 heavy (non-hydrogen) atoms. The van der Waals surface area contributed by atoms with E-state index in [0.29, 0.717) is 25.8 Å². The third-order valence-corrected chi connectivity index (χ3v) is 5.01. The van der Waals surface area contributed by atoms with E-state index in [2.05, 4.69) is 4.72 Å². The van der Waals surface area contributed by atoms with Gasteiger partial charge in [0.1, 0.15) is 0 Å². The Hall–Kier alpha value is -0.700. The van der Waals surface area contributed by atoms with Gasteiger partial charge in [-0.2, -0.15) is 17.4 Å². The average Bonchev–Trinajstić information content (AvgIpc) is 2.37. The smallest absolute Gasteiger partial charge is 0.307 e. The fourth-order valence-electron chi connectivity index (χ4n) is 2.38. The van der Waals surface area contributed by atoms with Crippen LogP contribution in [-0.2, 0) is 15.0 Å². The molecule has 1 fully saturated rings. The van der Waals surface area contributed by atoms with Crippen molar-refractivity contribution in [3.05, 3.63) is 0 Å². The van der Waals surface area contributed by atoms with Crippen molar-refractivity contribution < 1.29 is 23.4 Å². The van der Waals surface area contributed by atoms with Gasteiger partial charge in [0.25, 0.3) is 10.2 Å². The molecular weight excluding hydrogens is 284 g/mol. The molecule has 0 aromatic heterocycles. The van der Waals surface area contributed by atoms with Crippen LogP contribution in [0.25, 0.3) is 0 Å². The lowest BCUT2D eigenvalue weighted by atomic mass is 10.0. The van der Waals surface area contributed by atoms with Crippen LogP contribution in [0.1, 0.15) is 33.1 Å². The van der Waals surface area contributed by atoms with Gasteiger partial charge in [0, 0.05) is 19.1 Å². The summed E-state index contributed by atoms with van der Waals surface area (Å²) < 4.78 is 28.1. The summed E-state index contributed by atoms with van der Waals surface area (Å²) in [4.78, 5) is 11.0. The van der Waals surface area contributed by atoms with Crippen molar-refractivity contribution in [3.8, 4) is 0 Å². The molecule has 0 aromatic rings. The number of nitrogens with zero attached hydrogens (tertiary/aromatic N) is 1. The predicted molar refractivity (Wildman–Crippen MR) is 74.3 cm³/mol. The van der Waals surface area contributed by atoms with E-state index in [-0.39, 0.29) is 19.1 Å². The highest BCUT2D eigenvalue weighted by atomic mass is 32.2. The molecule has 0 aliphatic carbocycles. The Labute approximate surface area is 120 Å². The van der Waals surface area contributed by atoms with Crippen LogP contribution in [0.3, 0.4) is 0 Å². The molecule has 0 saturated carbocycles. The third kappa shape index (κ3) is 5.01. The Morgan fingerprint density at radius 2 is 2.10 bits per heavy atom. The van der Waals surface area contributed by atoms with Crippen LogP contribution in [0, 0.1) is 11.8 Å². The minimum absolute atomic E-state index is 0.00943. The first-order valence-corrected chi connectivity index (χ1v) is 8.31. The molecule has 118 valence electrons. The van der Waals surface area contributed by atoms with E-state index in [9.17, 15) is 18.3 Å². The van der Waals surface area contributed by atoms with Crippen molar-refractivity contribution in [2.24, 2.45) is 11.8 Å². The molecule has 1 aliphatic heterocycles. The fraction of sp³-hybridized carbons (Fsp3) is 0.917. The van der Waals surface area contributed by atoms with Crippen molar-refractivity contribution >= 4 is 16.2 Å². The van der Waals surface area contributed by atoms with E-state index in [1.807, 2.05) is 13.8 Å². The quantitative estimate of drug-likeness (QED) is 0.615. The van der Waals surface area contributed by atoms with Crippen LogP contribution in [0.5, 0.6) is 0 Å². The lowest BCUT2D eigenvalue weighted by Gasteiger charge is -2.31. The first-order valence-electron chi connectivity index (χ1n) is 6.87. The number of aliphatic carboxylic acids is 1. The summed E-state index contributed by atoms with van der Waals surface area (Å²) in [5.74, 6) is -1.37. The number of carbonyl (C=O) groups is 1. The molecule has 0 radical (unpaired) electrons. The van der Waals surface area contributed by atoms with Crippen LogP contribution < -0.4 is 4.72 Å². The van der Waals surface area contributed by atoms with Gasteiger partial charge in [-0.25, -0.2) is 0 Å². The van der Waals surface area contributed by atoms with E-state index in [1.165, 1.54) is 0 Å². The van der Waals surface area contributed by atoms with Crippen molar-refractivity contribution in [1.29, 1.82) is 0 Å². The standard InChI is InChI=1S/C12H24N2O5S/c1-9(2)6-11(8-15)13-20(18,19)14-5-3-4-10(7-14)12(16)17/h9-11,13,15H,3-8H2,1-2H3,(H,16,17). The SMILES string of the molecule is CC(C)CC(CO)NS(=O)(=O)N1CCCC(C(=O)O)C1. The summed E-state index contributed by atoms with van der Waals surface area (Å²) in [6, 6.07) is -0.537. The zero-order valence-electron chi connectivity index (χ0n) is 11.9. The van der Waals surface area contributed by atoms with E-state index in [4.69, 9.17) is 5.11 Å². The highest BCUT2D eigenvalue weighted by Gasteiger charge is 2.33. The van der Waals surface area contributed by atoms with Crippen molar-refractivity contribution in [2.75, 3.05) is 19.7 Å². The van der Waals surface area contributed by atoms with Gasteiger partial charge in [-0.15, -0.1) is 0 Å². The maximum Gasteiger partial charge on any atom is 0.307 e. The number of aliphatic hydroxyl groups is 1. The normalized spacial score (nSPS) is 22.9. The molecule has 1 rings (SSSR count). The molecule has 0 bridgehead atoms. The van der Waals surface area contributed by atoms with Crippen LogP contribution in [0.15, 0.2) is 0 Å². The second kappa shape index (κ2) is 7.35. The maximum absolute atomic E-state index is 12.2. The third-order valence-electron chi connectivity index (χ3n) is 3.37. The van der Waals surface area contributed by atoms with Gasteiger partial charge >= 0.3 is 5.97 Å². The molecule has 1 heterocycles. The number of rotatable bonds is 7. The molecule has 0 amide bonds. The van der Waals surface area contributed by atoms with Gasteiger partial charge in [-0.1, -0.05) is 13.8 Å². The van der Waals surface area contributed by atoms with Crippen molar-refractivity contribution in [1.82, 2.24) is 9.03 Å². The predicted octanol–water partition coefficient (Wildman–Crippen LogP) is 0.0244. The Bertz CT molecular complexity index is 424. The van der Waals surface area contributed by atoms with Crippen LogP contribution >= 0.6 is 0 Å². The van der Waals surface area contributed by atoms with Crippen LogP contribution in [0.4, 0.5) is 0 Å². The molecule has 2 atom stereocenters.